The fraction of sp³-hybridized carbons (Fsp3) is 0.458. The maximum Gasteiger partial charge on any atom is 0.219 e. The van der Waals surface area contributed by atoms with Gasteiger partial charge < -0.3 is 14.9 Å². The maximum atomic E-state index is 11.6. The van der Waals surface area contributed by atoms with Gasteiger partial charge in [-0.1, -0.05) is 24.3 Å². The monoisotopic (exact) mass is 378 g/mol. The standard InChI is InChI=1S/C24H30N2O2/c1-17-4-3-11-25(17)12-9-19-5-7-20(8-6-19)23-14-21-10-13-26(18(2)27)16-22(21)15-24(23)28/h5-8,14-15,17,28H,3-4,9-13,16H2,1-2H3. The van der Waals surface area contributed by atoms with E-state index < -0.39 is 0 Å². The Bertz CT molecular complexity index is 860. The van der Waals surface area contributed by atoms with Crippen LogP contribution in [-0.4, -0.2) is 46.5 Å². The number of hydrogen-bond donors (Lipinski definition) is 1. The fourth-order valence-electron chi connectivity index (χ4n) is 4.54. The zero-order valence-corrected chi connectivity index (χ0v) is 16.9. The number of rotatable bonds is 4. The summed E-state index contributed by atoms with van der Waals surface area (Å²) < 4.78 is 0. The first kappa shape index (κ1) is 19.0. The van der Waals surface area contributed by atoms with Crippen molar-refractivity contribution in [3.63, 3.8) is 0 Å². The number of phenols is 1. The minimum atomic E-state index is 0.0909. The Balaban J connectivity index is 1.48. The van der Waals surface area contributed by atoms with Gasteiger partial charge in [-0.15, -0.1) is 0 Å². The highest BCUT2D eigenvalue weighted by Gasteiger charge is 2.21. The van der Waals surface area contributed by atoms with E-state index in [1.165, 1.54) is 30.5 Å². The molecule has 4 nitrogen and oxygen atoms in total. The summed E-state index contributed by atoms with van der Waals surface area (Å²) in [4.78, 5) is 16.0. The second kappa shape index (κ2) is 7.96. The molecule has 0 spiro atoms. The summed E-state index contributed by atoms with van der Waals surface area (Å²) in [5.41, 5.74) is 5.57. The fourth-order valence-corrected chi connectivity index (χ4v) is 4.54. The van der Waals surface area contributed by atoms with E-state index in [1.807, 2.05) is 11.0 Å². The molecule has 0 aliphatic carbocycles. The quantitative estimate of drug-likeness (QED) is 0.875. The van der Waals surface area contributed by atoms with Gasteiger partial charge in [-0.25, -0.2) is 0 Å². The molecule has 2 aliphatic rings. The number of likely N-dealkylation sites (tertiary alicyclic amines) is 1. The zero-order chi connectivity index (χ0) is 19.7. The number of benzene rings is 2. The molecule has 1 unspecified atom stereocenters. The lowest BCUT2D eigenvalue weighted by molar-refractivity contribution is -0.129. The molecule has 2 aromatic carbocycles. The minimum absolute atomic E-state index is 0.0909. The first-order valence-corrected chi connectivity index (χ1v) is 10.4. The molecule has 0 radical (unpaired) electrons. The summed E-state index contributed by atoms with van der Waals surface area (Å²) >= 11 is 0. The highest BCUT2D eigenvalue weighted by atomic mass is 16.3. The Kier molecular flexibility index (Phi) is 5.40. The molecule has 1 N–H and O–H groups in total. The third-order valence-corrected chi connectivity index (χ3v) is 6.42. The number of carbonyl (C=O) groups excluding carboxylic acids is 1. The van der Waals surface area contributed by atoms with Crippen molar-refractivity contribution in [2.24, 2.45) is 0 Å². The average Bonchev–Trinajstić information content (AvgIpc) is 3.10. The number of aromatic hydroxyl groups is 1. The van der Waals surface area contributed by atoms with Crippen molar-refractivity contribution >= 4 is 5.91 Å². The van der Waals surface area contributed by atoms with Crippen molar-refractivity contribution in [2.45, 2.75) is 52.1 Å². The molecular weight excluding hydrogens is 348 g/mol. The van der Waals surface area contributed by atoms with Gasteiger partial charge in [0.2, 0.25) is 5.91 Å². The van der Waals surface area contributed by atoms with Crippen molar-refractivity contribution < 1.29 is 9.90 Å². The molecule has 2 aromatic rings. The predicted octanol–water partition coefficient (Wildman–Crippen LogP) is 3.99. The van der Waals surface area contributed by atoms with Crippen LogP contribution in [0.5, 0.6) is 5.75 Å². The van der Waals surface area contributed by atoms with Crippen LogP contribution >= 0.6 is 0 Å². The summed E-state index contributed by atoms with van der Waals surface area (Å²) in [5, 5.41) is 10.6. The van der Waals surface area contributed by atoms with E-state index >= 15 is 0 Å². The lowest BCUT2D eigenvalue weighted by atomic mass is 9.93. The summed E-state index contributed by atoms with van der Waals surface area (Å²) in [6.45, 7) is 7.61. The van der Waals surface area contributed by atoms with Crippen LogP contribution in [0.25, 0.3) is 11.1 Å². The third-order valence-electron chi connectivity index (χ3n) is 6.42. The van der Waals surface area contributed by atoms with Crippen LogP contribution in [0.15, 0.2) is 36.4 Å². The minimum Gasteiger partial charge on any atom is -0.507 e. The molecule has 0 bridgehead atoms. The van der Waals surface area contributed by atoms with E-state index in [-0.39, 0.29) is 5.91 Å². The summed E-state index contributed by atoms with van der Waals surface area (Å²) in [5.74, 6) is 0.385. The normalized spacial score (nSPS) is 19.6. The number of fused-ring (bicyclic) bond motifs is 1. The van der Waals surface area contributed by atoms with E-state index in [1.54, 1.807) is 6.92 Å². The second-order valence-electron chi connectivity index (χ2n) is 8.30. The van der Waals surface area contributed by atoms with Crippen molar-refractivity contribution in [1.82, 2.24) is 9.80 Å². The maximum absolute atomic E-state index is 11.6. The number of carbonyl (C=O) groups is 1. The first-order valence-electron chi connectivity index (χ1n) is 10.4. The first-order chi connectivity index (χ1) is 13.5. The zero-order valence-electron chi connectivity index (χ0n) is 16.9. The van der Waals surface area contributed by atoms with Crippen LogP contribution in [0.1, 0.15) is 43.4 Å². The van der Waals surface area contributed by atoms with Gasteiger partial charge in [0.05, 0.1) is 0 Å². The molecular formula is C24H30N2O2. The Morgan fingerprint density at radius 1 is 1.14 bits per heavy atom. The molecule has 1 amide bonds. The van der Waals surface area contributed by atoms with Gasteiger partial charge in [0.15, 0.2) is 0 Å². The Morgan fingerprint density at radius 2 is 1.93 bits per heavy atom. The SMILES string of the molecule is CC(=O)N1CCc2cc(-c3ccc(CCN4CCCC4C)cc3)c(O)cc2C1. The van der Waals surface area contributed by atoms with Crippen molar-refractivity contribution in [2.75, 3.05) is 19.6 Å². The second-order valence-corrected chi connectivity index (χ2v) is 8.30. The number of phenolic OH excluding ortho intramolecular Hbond substituents is 1. The van der Waals surface area contributed by atoms with Gasteiger partial charge in [0, 0.05) is 38.2 Å². The van der Waals surface area contributed by atoms with E-state index in [4.69, 9.17) is 0 Å². The van der Waals surface area contributed by atoms with E-state index in [2.05, 4.69) is 42.2 Å². The number of hydrogen-bond acceptors (Lipinski definition) is 3. The Hall–Kier alpha value is -2.33. The van der Waals surface area contributed by atoms with Crippen molar-refractivity contribution in [3.8, 4) is 16.9 Å². The average molecular weight is 379 g/mol. The number of nitrogens with zero attached hydrogens (tertiary/aromatic N) is 2. The summed E-state index contributed by atoms with van der Waals surface area (Å²) in [6, 6.07) is 13.3. The predicted molar refractivity (Wildman–Crippen MR) is 112 cm³/mol. The molecule has 148 valence electrons. The van der Waals surface area contributed by atoms with Crippen molar-refractivity contribution in [3.05, 3.63) is 53.1 Å². The molecule has 1 atom stereocenters. The van der Waals surface area contributed by atoms with E-state index in [0.29, 0.717) is 18.3 Å². The largest absolute Gasteiger partial charge is 0.507 e. The highest BCUT2D eigenvalue weighted by molar-refractivity contribution is 5.75. The molecule has 0 aromatic heterocycles. The van der Waals surface area contributed by atoms with Crippen LogP contribution in [0, 0.1) is 0 Å². The Labute approximate surface area is 167 Å². The molecule has 1 saturated heterocycles. The summed E-state index contributed by atoms with van der Waals surface area (Å²) in [6.07, 6.45) is 4.55. The summed E-state index contributed by atoms with van der Waals surface area (Å²) in [7, 11) is 0. The van der Waals surface area contributed by atoms with E-state index in [9.17, 15) is 9.90 Å². The third kappa shape index (κ3) is 3.93. The van der Waals surface area contributed by atoms with Crippen LogP contribution in [0.2, 0.25) is 0 Å². The molecule has 4 rings (SSSR count). The van der Waals surface area contributed by atoms with Crippen LogP contribution in [0.3, 0.4) is 0 Å². The molecule has 0 saturated carbocycles. The van der Waals surface area contributed by atoms with Crippen LogP contribution in [-0.2, 0) is 24.2 Å². The smallest absolute Gasteiger partial charge is 0.219 e. The molecule has 1 fully saturated rings. The highest BCUT2D eigenvalue weighted by Crippen LogP contribution is 2.34. The van der Waals surface area contributed by atoms with Gasteiger partial charge in [0.1, 0.15) is 5.75 Å². The van der Waals surface area contributed by atoms with Gasteiger partial charge in [0.25, 0.3) is 0 Å². The van der Waals surface area contributed by atoms with Gasteiger partial charge in [-0.3, -0.25) is 4.79 Å². The molecule has 28 heavy (non-hydrogen) atoms. The molecule has 4 heteroatoms. The van der Waals surface area contributed by atoms with E-state index in [0.717, 1.165) is 42.6 Å². The lowest BCUT2D eigenvalue weighted by Gasteiger charge is -2.28. The molecule has 2 aliphatic heterocycles. The van der Waals surface area contributed by atoms with Gasteiger partial charge in [-0.2, -0.15) is 0 Å². The number of amides is 1. The topological polar surface area (TPSA) is 43.8 Å². The van der Waals surface area contributed by atoms with Crippen LogP contribution in [0.4, 0.5) is 0 Å². The lowest BCUT2D eigenvalue weighted by Crippen LogP contribution is -2.34. The van der Waals surface area contributed by atoms with Crippen LogP contribution < -0.4 is 0 Å². The van der Waals surface area contributed by atoms with Gasteiger partial charge in [-0.05, 0) is 73.5 Å². The Morgan fingerprint density at radius 3 is 2.61 bits per heavy atom. The van der Waals surface area contributed by atoms with Gasteiger partial charge >= 0.3 is 0 Å². The molecule has 2 heterocycles. The van der Waals surface area contributed by atoms with Crippen molar-refractivity contribution in [1.29, 1.82) is 0 Å².